The molecule has 2 aliphatic carbocycles. The van der Waals surface area contributed by atoms with Crippen LogP contribution in [0.25, 0.3) is 0 Å². The molecule has 2 saturated carbocycles. The predicted molar refractivity (Wildman–Crippen MR) is 83.0 cm³/mol. The van der Waals surface area contributed by atoms with Crippen molar-refractivity contribution in [1.29, 1.82) is 0 Å². The summed E-state index contributed by atoms with van der Waals surface area (Å²) in [6, 6.07) is 7.99. The van der Waals surface area contributed by atoms with Crippen LogP contribution in [-0.4, -0.2) is 0 Å². The minimum Gasteiger partial charge on any atom is -0.0888 e. The van der Waals surface area contributed by atoms with Gasteiger partial charge in [0.1, 0.15) is 0 Å². The maximum atomic E-state index is 3.39. The number of benzene rings is 1. The molecule has 0 aliphatic heterocycles. The zero-order valence-electron chi connectivity index (χ0n) is 10.7. The fourth-order valence-corrected chi connectivity index (χ4v) is 1.72. The van der Waals surface area contributed by atoms with Gasteiger partial charge in [-0.05, 0) is 82.1 Å². The summed E-state index contributed by atoms with van der Waals surface area (Å²) in [5.41, 5.74) is 1.04. The van der Waals surface area contributed by atoms with Crippen molar-refractivity contribution in [3.63, 3.8) is 0 Å². The van der Waals surface area contributed by atoms with Crippen molar-refractivity contribution in [1.82, 2.24) is 0 Å². The van der Waals surface area contributed by atoms with Crippen LogP contribution in [0.5, 0.6) is 0 Å². The van der Waals surface area contributed by atoms with Crippen LogP contribution in [0.2, 0.25) is 0 Å². The minimum atomic E-state index is 0. The Balaban J connectivity index is 0.000000283. The Bertz CT molecular complexity index is 409. The average Bonchev–Trinajstić information content (AvgIpc) is 3.14. The molecule has 0 aromatic heterocycles. The summed E-state index contributed by atoms with van der Waals surface area (Å²) < 4.78 is 1.08. The third kappa shape index (κ3) is 6.98. The fourth-order valence-electron chi connectivity index (χ4n) is 1.46. The number of hydrogen-bond donors (Lipinski definition) is 0. The predicted octanol–water partition coefficient (Wildman–Crippen LogP) is 4.22. The molecule has 0 saturated heterocycles. The van der Waals surface area contributed by atoms with Gasteiger partial charge in [-0.25, -0.2) is 0 Å². The van der Waals surface area contributed by atoms with Crippen molar-refractivity contribution in [3.8, 4) is 11.8 Å². The van der Waals surface area contributed by atoms with E-state index in [1.807, 2.05) is 82.1 Å². The summed E-state index contributed by atoms with van der Waals surface area (Å²) in [7, 11) is 0. The van der Waals surface area contributed by atoms with Crippen LogP contribution >= 0.6 is 15.9 Å². The van der Waals surface area contributed by atoms with E-state index < -0.39 is 0 Å². The zero-order chi connectivity index (χ0) is 13.3. The molecule has 2 fully saturated rings. The molecule has 1 aromatic carbocycles. The number of rotatable bonds is 0. The normalized spacial score (nSPS) is 17.4. The van der Waals surface area contributed by atoms with Gasteiger partial charge in [-0.3, -0.25) is 0 Å². The van der Waals surface area contributed by atoms with Crippen molar-refractivity contribution in [3.05, 3.63) is 98.0 Å². The molecule has 3 rings (SSSR count). The maximum Gasteiger partial charge on any atom is 0.0558 e. The standard InChI is InChI=1S/C13H8Br.C5H5.Fe/c14-13-9-7-12(8-10-13)6-5-11-3-1-2-4-11;1-2-4-5-3-1;/h1-4,7-10H;1-5H;. The van der Waals surface area contributed by atoms with Crippen molar-refractivity contribution >= 4 is 15.9 Å². The molecular formula is C18H13BrFe. The molecule has 1 aromatic rings. The second-order valence-corrected chi connectivity index (χ2v) is 4.81. The molecule has 2 heteroatoms. The van der Waals surface area contributed by atoms with Gasteiger partial charge in [-0.1, -0.05) is 27.8 Å². The molecule has 0 unspecified atom stereocenters. The Morgan fingerprint density at radius 3 is 1.65 bits per heavy atom. The molecule has 0 atom stereocenters. The van der Waals surface area contributed by atoms with Crippen molar-refractivity contribution in [2.75, 3.05) is 0 Å². The first-order chi connectivity index (χ1) is 9.34. The van der Waals surface area contributed by atoms with Crippen LogP contribution < -0.4 is 0 Å². The monoisotopic (exact) mass is 364 g/mol. The molecule has 20 heavy (non-hydrogen) atoms. The number of hydrogen-bond acceptors (Lipinski definition) is 0. The minimum absolute atomic E-state index is 0. The molecule has 0 bridgehead atoms. The Hall–Kier alpha value is -0.221. The molecule has 0 nitrogen and oxygen atoms in total. The molecular weight excluding hydrogens is 352 g/mol. The van der Waals surface area contributed by atoms with Crippen LogP contribution in [0, 0.1) is 75.5 Å². The van der Waals surface area contributed by atoms with E-state index in [-0.39, 0.29) is 17.1 Å². The van der Waals surface area contributed by atoms with Gasteiger partial charge in [0.2, 0.25) is 0 Å². The topological polar surface area (TPSA) is 0 Å². The van der Waals surface area contributed by atoms with Crippen LogP contribution in [0.15, 0.2) is 28.7 Å². The molecule has 2 aliphatic rings. The summed E-state index contributed by atoms with van der Waals surface area (Å²) in [4.78, 5) is 0. The van der Waals surface area contributed by atoms with E-state index in [9.17, 15) is 0 Å². The average molecular weight is 365 g/mol. The quantitative estimate of drug-likeness (QED) is 0.477. The Morgan fingerprint density at radius 2 is 1.15 bits per heavy atom. The first-order valence-corrected chi connectivity index (χ1v) is 6.80. The fraction of sp³-hybridized carbons (Fsp3) is 0. The molecule has 10 radical (unpaired) electrons. The van der Waals surface area contributed by atoms with Crippen molar-refractivity contribution in [2.45, 2.75) is 0 Å². The van der Waals surface area contributed by atoms with Crippen LogP contribution in [-0.2, 0) is 17.1 Å². The summed E-state index contributed by atoms with van der Waals surface area (Å²) >= 11 is 3.39. The first-order valence-electron chi connectivity index (χ1n) is 6.00. The van der Waals surface area contributed by atoms with Crippen LogP contribution in [0.4, 0.5) is 0 Å². The summed E-state index contributed by atoms with van der Waals surface area (Å²) in [6.45, 7) is 0. The Morgan fingerprint density at radius 1 is 0.650 bits per heavy atom. The molecule has 0 N–H and O–H groups in total. The first kappa shape index (κ1) is 17.8. The third-order valence-electron chi connectivity index (χ3n) is 2.41. The Kier molecular flexibility index (Phi) is 9.36. The molecule has 0 heterocycles. The van der Waals surface area contributed by atoms with Gasteiger partial charge in [0.15, 0.2) is 0 Å². The van der Waals surface area contributed by atoms with Gasteiger partial charge in [-0.2, -0.15) is 0 Å². The van der Waals surface area contributed by atoms with Gasteiger partial charge >= 0.3 is 0 Å². The van der Waals surface area contributed by atoms with E-state index in [0.717, 1.165) is 16.0 Å². The second-order valence-electron chi connectivity index (χ2n) is 3.89. The SMILES string of the molecule is Brc1ccc(C#C[C]2[CH][CH][CH][CH]2)cc1.[CH]1[CH][CH][CH][CH]1.[Fe]. The third-order valence-corrected chi connectivity index (χ3v) is 2.94. The van der Waals surface area contributed by atoms with E-state index in [2.05, 4.69) is 27.8 Å². The van der Waals surface area contributed by atoms with Crippen molar-refractivity contribution in [2.24, 2.45) is 0 Å². The van der Waals surface area contributed by atoms with Crippen LogP contribution in [0.1, 0.15) is 5.56 Å². The van der Waals surface area contributed by atoms with E-state index >= 15 is 0 Å². The smallest absolute Gasteiger partial charge is 0.0558 e. The van der Waals surface area contributed by atoms with Gasteiger partial charge < -0.3 is 0 Å². The van der Waals surface area contributed by atoms with E-state index in [1.165, 1.54) is 0 Å². The van der Waals surface area contributed by atoms with E-state index in [4.69, 9.17) is 0 Å². The van der Waals surface area contributed by atoms with Gasteiger partial charge in [-0.15, -0.1) is 0 Å². The van der Waals surface area contributed by atoms with Crippen LogP contribution in [0.3, 0.4) is 0 Å². The number of halogens is 1. The van der Waals surface area contributed by atoms with E-state index in [0.29, 0.717) is 0 Å². The second kappa shape index (κ2) is 10.5. The zero-order valence-corrected chi connectivity index (χ0v) is 13.4. The largest absolute Gasteiger partial charge is 0.0888 e. The van der Waals surface area contributed by atoms with Gasteiger partial charge in [0.05, 0.1) is 5.92 Å². The van der Waals surface area contributed by atoms with Crippen molar-refractivity contribution < 1.29 is 17.1 Å². The maximum absolute atomic E-state index is 3.39. The van der Waals surface area contributed by atoms with Gasteiger partial charge in [0, 0.05) is 27.1 Å². The van der Waals surface area contributed by atoms with E-state index in [1.54, 1.807) is 0 Å². The van der Waals surface area contributed by atoms with Gasteiger partial charge in [0.25, 0.3) is 0 Å². The summed E-state index contributed by atoms with van der Waals surface area (Å²) in [5, 5.41) is 0. The molecule has 0 spiro atoms. The molecule has 100 valence electrons. The summed E-state index contributed by atoms with van der Waals surface area (Å²) in [5.74, 6) is 7.26. The summed E-state index contributed by atoms with van der Waals surface area (Å²) in [6.07, 6.45) is 18.0. The molecule has 0 amide bonds. The Labute approximate surface area is 142 Å².